The molecule has 1 aromatic rings. The van der Waals surface area contributed by atoms with Crippen molar-refractivity contribution in [2.24, 2.45) is 5.92 Å². The van der Waals surface area contributed by atoms with Gasteiger partial charge in [-0.15, -0.1) is 11.6 Å². The smallest absolute Gasteiger partial charge is 0.212 e. The standard InChI is InChI=1S/C12H16Cl3NO2S/c1-9(6-13)8-19(17,18)16(2)7-10-4-3-5-11(14)12(10)15/h3-5,9H,6-8H2,1-2H3. The van der Waals surface area contributed by atoms with Gasteiger partial charge in [-0.25, -0.2) is 12.7 Å². The fraction of sp³-hybridized carbons (Fsp3) is 0.500. The van der Waals surface area contributed by atoms with Gasteiger partial charge in [0.1, 0.15) is 0 Å². The summed E-state index contributed by atoms with van der Waals surface area (Å²) >= 11 is 17.6. The molecule has 19 heavy (non-hydrogen) atoms. The lowest BCUT2D eigenvalue weighted by molar-refractivity contribution is 0.460. The number of hydrogen-bond acceptors (Lipinski definition) is 2. The predicted octanol–water partition coefficient (Wildman–Crippen LogP) is 3.63. The molecule has 0 amide bonds. The topological polar surface area (TPSA) is 37.4 Å². The van der Waals surface area contributed by atoms with Crippen LogP contribution >= 0.6 is 34.8 Å². The number of alkyl halides is 1. The highest BCUT2D eigenvalue weighted by molar-refractivity contribution is 7.89. The van der Waals surface area contributed by atoms with Crippen molar-refractivity contribution in [1.29, 1.82) is 0 Å². The van der Waals surface area contributed by atoms with Gasteiger partial charge in [-0.1, -0.05) is 42.3 Å². The van der Waals surface area contributed by atoms with Gasteiger partial charge in [0, 0.05) is 19.5 Å². The molecule has 1 atom stereocenters. The molecule has 0 spiro atoms. The average Bonchev–Trinajstić information content (AvgIpc) is 2.34. The van der Waals surface area contributed by atoms with E-state index in [1.165, 1.54) is 11.4 Å². The van der Waals surface area contributed by atoms with Gasteiger partial charge >= 0.3 is 0 Å². The maximum absolute atomic E-state index is 12.1. The normalized spacial score (nSPS) is 13.8. The molecule has 1 rings (SSSR count). The highest BCUT2D eigenvalue weighted by Gasteiger charge is 2.22. The minimum absolute atomic E-state index is 0.0190. The van der Waals surface area contributed by atoms with Gasteiger partial charge in [0.15, 0.2) is 0 Å². The number of nitrogens with zero attached hydrogens (tertiary/aromatic N) is 1. The van der Waals surface area contributed by atoms with Crippen molar-refractivity contribution in [2.45, 2.75) is 13.5 Å². The molecule has 0 aliphatic rings. The van der Waals surface area contributed by atoms with Crippen LogP contribution in [0.2, 0.25) is 10.0 Å². The van der Waals surface area contributed by atoms with Gasteiger partial charge in [-0.3, -0.25) is 0 Å². The van der Waals surface area contributed by atoms with E-state index in [1.54, 1.807) is 25.1 Å². The number of sulfonamides is 1. The third kappa shape index (κ3) is 4.80. The highest BCUT2D eigenvalue weighted by atomic mass is 35.5. The number of hydrogen-bond donors (Lipinski definition) is 0. The summed E-state index contributed by atoms with van der Waals surface area (Å²) in [6, 6.07) is 5.16. The minimum Gasteiger partial charge on any atom is -0.212 e. The maximum atomic E-state index is 12.1. The Labute approximate surface area is 129 Å². The van der Waals surface area contributed by atoms with Crippen molar-refractivity contribution in [3.05, 3.63) is 33.8 Å². The Bertz CT molecular complexity index is 534. The molecular weight excluding hydrogens is 329 g/mol. The van der Waals surface area contributed by atoms with Crippen LogP contribution in [0, 0.1) is 5.92 Å². The minimum atomic E-state index is -3.35. The van der Waals surface area contributed by atoms with E-state index >= 15 is 0 Å². The first-order valence-electron chi connectivity index (χ1n) is 5.70. The van der Waals surface area contributed by atoms with E-state index in [0.29, 0.717) is 21.5 Å². The first-order chi connectivity index (χ1) is 8.77. The Morgan fingerprint density at radius 2 is 1.95 bits per heavy atom. The lowest BCUT2D eigenvalue weighted by Crippen LogP contribution is -2.31. The third-order valence-electron chi connectivity index (χ3n) is 2.66. The molecule has 0 aliphatic carbocycles. The lowest BCUT2D eigenvalue weighted by Gasteiger charge is -2.19. The summed E-state index contributed by atoms with van der Waals surface area (Å²) in [5.74, 6) is 0.236. The molecule has 7 heteroatoms. The molecule has 0 heterocycles. The molecule has 1 unspecified atom stereocenters. The zero-order valence-corrected chi connectivity index (χ0v) is 13.8. The van der Waals surface area contributed by atoms with Crippen LogP contribution in [0.4, 0.5) is 0 Å². The summed E-state index contributed by atoms with van der Waals surface area (Å²) in [6.45, 7) is 1.99. The van der Waals surface area contributed by atoms with Gasteiger partial charge in [-0.05, 0) is 17.5 Å². The maximum Gasteiger partial charge on any atom is 0.214 e. The van der Waals surface area contributed by atoms with Crippen LogP contribution in [-0.2, 0) is 16.6 Å². The molecule has 0 saturated heterocycles. The second kappa shape index (κ2) is 7.14. The summed E-state index contributed by atoms with van der Waals surface area (Å²) in [6.07, 6.45) is 0. The Morgan fingerprint density at radius 3 is 2.53 bits per heavy atom. The van der Waals surface area contributed by atoms with Crippen molar-refractivity contribution in [2.75, 3.05) is 18.7 Å². The monoisotopic (exact) mass is 343 g/mol. The van der Waals surface area contributed by atoms with Gasteiger partial charge in [-0.2, -0.15) is 0 Å². The van der Waals surface area contributed by atoms with E-state index in [2.05, 4.69) is 0 Å². The van der Waals surface area contributed by atoms with Gasteiger partial charge in [0.05, 0.1) is 15.8 Å². The first-order valence-corrected chi connectivity index (χ1v) is 8.60. The Kier molecular flexibility index (Phi) is 6.40. The molecule has 0 saturated carbocycles. The molecule has 0 aliphatic heterocycles. The molecule has 0 fully saturated rings. The van der Waals surface area contributed by atoms with Crippen molar-refractivity contribution in [1.82, 2.24) is 4.31 Å². The number of rotatable bonds is 6. The Morgan fingerprint density at radius 1 is 1.32 bits per heavy atom. The van der Waals surface area contributed by atoms with E-state index in [0.717, 1.165) is 0 Å². The van der Waals surface area contributed by atoms with E-state index in [-0.39, 0.29) is 18.2 Å². The lowest BCUT2D eigenvalue weighted by atomic mass is 10.2. The number of halogens is 3. The molecule has 0 aromatic heterocycles. The van der Waals surface area contributed by atoms with E-state index in [1.807, 2.05) is 0 Å². The van der Waals surface area contributed by atoms with E-state index in [4.69, 9.17) is 34.8 Å². The van der Waals surface area contributed by atoms with Gasteiger partial charge in [0.2, 0.25) is 10.0 Å². The highest BCUT2D eigenvalue weighted by Crippen LogP contribution is 2.26. The second-order valence-electron chi connectivity index (χ2n) is 4.51. The Balaban J connectivity index is 2.84. The summed E-state index contributed by atoms with van der Waals surface area (Å²) in [5, 5.41) is 0.802. The summed E-state index contributed by atoms with van der Waals surface area (Å²) in [7, 11) is -1.83. The molecular formula is C12H16Cl3NO2S. The predicted molar refractivity (Wildman–Crippen MR) is 81.6 cm³/mol. The second-order valence-corrected chi connectivity index (χ2v) is 7.72. The molecule has 0 radical (unpaired) electrons. The average molecular weight is 345 g/mol. The van der Waals surface area contributed by atoms with Crippen molar-refractivity contribution >= 4 is 44.8 Å². The van der Waals surface area contributed by atoms with Crippen LogP contribution in [0.15, 0.2) is 18.2 Å². The Hall–Kier alpha value is -0.000000000000000222. The van der Waals surface area contributed by atoms with Crippen LogP contribution in [-0.4, -0.2) is 31.4 Å². The van der Waals surface area contributed by atoms with Crippen LogP contribution in [0.25, 0.3) is 0 Å². The quantitative estimate of drug-likeness (QED) is 0.739. The molecule has 0 bridgehead atoms. The number of benzene rings is 1. The third-order valence-corrected chi connectivity index (χ3v) is 6.11. The summed E-state index contributed by atoms with van der Waals surface area (Å²) in [4.78, 5) is 0. The SMILES string of the molecule is CC(CCl)CS(=O)(=O)N(C)Cc1cccc(Cl)c1Cl. The largest absolute Gasteiger partial charge is 0.214 e. The summed E-state index contributed by atoms with van der Waals surface area (Å²) in [5.41, 5.74) is 0.679. The molecule has 0 N–H and O–H groups in total. The van der Waals surface area contributed by atoms with Crippen LogP contribution in [0.1, 0.15) is 12.5 Å². The van der Waals surface area contributed by atoms with Crippen LogP contribution < -0.4 is 0 Å². The van der Waals surface area contributed by atoms with E-state index < -0.39 is 10.0 Å². The zero-order chi connectivity index (χ0) is 14.6. The molecule has 3 nitrogen and oxygen atoms in total. The van der Waals surface area contributed by atoms with Crippen molar-refractivity contribution in [3.8, 4) is 0 Å². The van der Waals surface area contributed by atoms with Gasteiger partial charge < -0.3 is 0 Å². The fourth-order valence-electron chi connectivity index (χ4n) is 1.54. The zero-order valence-electron chi connectivity index (χ0n) is 10.7. The fourth-order valence-corrected chi connectivity index (χ4v) is 3.59. The van der Waals surface area contributed by atoms with Crippen LogP contribution in [0.3, 0.4) is 0 Å². The summed E-state index contributed by atoms with van der Waals surface area (Å²) < 4.78 is 25.5. The van der Waals surface area contributed by atoms with Crippen molar-refractivity contribution in [3.63, 3.8) is 0 Å². The first kappa shape index (κ1) is 17.1. The molecule has 1 aromatic carbocycles. The van der Waals surface area contributed by atoms with Gasteiger partial charge in [0.25, 0.3) is 0 Å². The van der Waals surface area contributed by atoms with Crippen molar-refractivity contribution < 1.29 is 8.42 Å². The van der Waals surface area contributed by atoms with Crippen LogP contribution in [0.5, 0.6) is 0 Å². The van der Waals surface area contributed by atoms with E-state index in [9.17, 15) is 8.42 Å². The molecule has 108 valence electrons.